The van der Waals surface area contributed by atoms with Gasteiger partial charge in [-0.1, -0.05) is 5.16 Å². The molecule has 2 aromatic rings. The fourth-order valence-electron chi connectivity index (χ4n) is 1.08. The van der Waals surface area contributed by atoms with Gasteiger partial charge < -0.3 is 9.63 Å². The molecule has 0 unspecified atom stereocenters. The Labute approximate surface area is 83.1 Å². The number of hydrogen-bond acceptors (Lipinski definition) is 5. The van der Waals surface area contributed by atoms with E-state index in [1.54, 1.807) is 6.07 Å². The molecule has 0 amide bonds. The van der Waals surface area contributed by atoms with Crippen LogP contribution in [-0.4, -0.2) is 26.0 Å². The van der Waals surface area contributed by atoms with Crippen LogP contribution >= 0.6 is 0 Å². The Morgan fingerprint density at radius 1 is 1.67 bits per heavy atom. The summed E-state index contributed by atoms with van der Waals surface area (Å²) in [7, 11) is 0. The van der Waals surface area contributed by atoms with Gasteiger partial charge in [-0.15, -0.1) is 0 Å². The van der Waals surface area contributed by atoms with Crippen LogP contribution in [0.3, 0.4) is 0 Å². The van der Waals surface area contributed by atoms with Crippen molar-refractivity contribution in [3.05, 3.63) is 29.8 Å². The summed E-state index contributed by atoms with van der Waals surface area (Å²) < 4.78 is 5.59. The predicted octanol–water partition coefficient (Wildman–Crippen LogP) is 0.430. The second kappa shape index (κ2) is 3.26. The highest BCUT2D eigenvalue weighted by atomic mass is 16.5. The Morgan fingerprint density at radius 2 is 2.47 bits per heavy atom. The van der Waals surface area contributed by atoms with Crippen molar-refractivity contribution in [2.45, 2.75) is 0 Å². The zero-order chi connectivity index (χ0) is 10.8. The van der Waals surface area contributed by atoms with Crippen LogP contribution in [-0.2, 0) is 0 Å². The van der Waals surface area contributed by atoms with E-state index < -0.39 is 5.97 Å². The van der Waals surface area contributed by atoms with Crippen LogP contribution < -0.4 is 0 Å². The highest BCUT2D eigenvalue weighted by Crippen LogP contribution is 2.10. The molecule has 2 aromatic heterocycles. The van der Waals surface area contributed by atoms with Crippen molar-refractivity contribution in [2.75, 3.05) is 0 Å². The van der Waals surface area contributed by atoms with Crippen LogP contribution in [0, 0.1) is 11.3 Å². The lowest BCUT2D eigenvalue weighted by atomic mass is 10.4. The fraction of sp³-hybridized carbons (Fsp3) is 0. The summed E-state index contributed by atoms with van der Waals surface area (Å²) in [6, 6.07) is 4.36. The maximum Gasteiger partial charge on any atom is 0.354 e. The normalized spacial score (nSPS) is 9.80. The van der Waals surface area contributed by atoms with E-state index in [2.05, 4.69) is 14.8 Å². The first kappa shape index (κ1) is 8.96. The van der Waals surface area contributed by atoms with Gasteiger partial charge in [-0.3, -0.25) is 0 Å². The van der Waals surface area contributed by atoms with Gasteiger partial charge in [-0.05, 0) is 0 Å². The Balaban J connectivity index is 2.61. The van der Waals surface area contributed by atoms with Gasteiger partial charge in [0.05, 0.1) is 0 Å². The van der Waals surface area contributed by atoms with Gasteiger partial charge in [0, 0.05) is 12.1 Å². The van der Waals surface area contributed by atoms with E-state index in [0.29, 0.717) is 0 Å². The monoisotopic (exact) mass is 204 g/mol. The third-order valence-electron chi connectivity index (χ3n) is 1.68. The first-order chi connectivity index (χ1) is 7.22. The summed E-state index contributed by atoms with van der Waals surface area (Å²) in [5.74, 6) is -0.971. The van der Waals surface area contributed by atoms with Crippen molar-refractivity contribution in [1.29, 1.82) is 5.26 Å². The summed E-state index contributed by atoms with van der Waals surface area (Å²) >= 11 is 0. The molecule has 0 aliphatic carbocycles. The molecule has 74 valence electrons. The van der Waals surface area contributed by atoms with E-state index in [-0.39, 0.29) is 17.2 Å². The Kier molecular flexibility index (Phi) is 1.95. The standard InChI is InChI=1S/C8H4N4O3/c9-4-5-3-6(8(13)14)12(10-5)7-1-2-15-11-7/h1-3H,(H,13,14). The predicted molar refractivity (Wildman–Crippen MR) is 45.3 cm³/mol. The van der Waals surface area contributed by atoms with E-state index in [1.807, 2.05) is 0 Å². The lowest BCUT2D eigenvalue weighted by molar-refractivity contribution is 0.0686. The largest absolute Gasteiger partial charge is 0.477 e. The molecular weight excluding hydrogens is 200 g/mol. The highest BCUT2D eigenvalue weighted by Gasteiger charge is 2.16. The summed E-state index contributed by atoms with van der Waals surface area (Å²) in [6.45, 7) is 0. The van der Waals surface area contributed by atoms with Gasteiger partial charge in [0.25, 0.3) is 0 Å². The second-order valence-electron chi connectivity index (χ2n) is 2.60. The van der Waals surface area contributed by atoms with Gasteiger partial charge in [0.15, 0.2) is 17.2 Å². The molecule has 7 nitrogen and oxygen atoms in total. The molecule has 0 atom stereocenters. The number of carbonyl (C=O) groups is 1. The first-order valence-electron chi connectivity index (χ1n) is 3.86. The molecule has 15 heavy (non-hydrogen) atoms. The maximum absolute atomic E-state index is 10.8. The average molecular weight is 204 g/mol. The second-order valence-corrected chi connectivity index (χ2v) is 2.60. The van der Waals surface area contributed by atoms with Crippen LogP contribution in [0.1, 0.15) is 16.2 Å². The van der Waals surface area contributed by atoms with E-state index in [1.165, 1.54) is 12.3 Å². The first-order valence-corrected chi connectivity index (χ1v) is 3.86. The van der Waals surface area contributed by atoms with Gasteiger partial charge >= 0.3 is 5.97 Å². The summed E-state index contributed by atoms with van der Waals surface area (Å²) in [4.78, 5) is 10.8. The van der Waals surface area contributed by atoms with E-state index >= 15 is 0 Å². The molecule has 7 heteroatoms. The molecule has 0 radical (unpaired) electrons. The highest BCUT2D eigenvalue weighted by molar-refractivity contribution is 5.86. The maximum atomic E-state index is 10.8. The van der Waals surface area contributed by atoms with Gasteiger partial charge in [-0.2, -0.15) is 10.4 Å². The van der Waals surface area contributed by atoms with Crippen LogP contribution in [0.4, 0.5) is 0 Å². The third-order valence-corrected chi connectivity index (χ3v) is 1.68. The lowest BCUT2D eigenvalue weighted by Gasteiger charge is -1.96. The van der Waals surface area contributed by atoms with Crippen molar-refractivity contribution in [3.8, 4) is 11.9 Å². The number of aromatic carboxylic acids is 1. The van der Waals surface area contributed by atoms with Crippen LogP contribution in [0.15, 0.2) is 22.9 Å². The minimum atomic E-state index is -1.19. The van der Waals surface area contributed by atoms with E-state index in [9.17, 15) is 4.79 Å². The zero-order valence-corrected chi connectivity index (χ0v) is 7.28. The quantitative estimate of drug-likeness (QED) is 0.760. The smallest absolute Gasteiger partial charge is 0.354 e. The van der Waals surface area contributed by atoms with Crippen molar-refractivity contribution >= 4 is 5.97 Å². The molecular formula is C8H4N4O3. The van der Waals surface area contributed by atoms with Crippen LogP contribution in [0.2, 0.25) is 0 Å². The fourth-order valence-corrected chi connectivity index (χ4v) is 1.08. The van der Waals surface area contributed by atoms with Gasteiger partial charge in [0.2, 0.25) is 0 Å². The Hall–Kier alpha value is -2.62. The van der Waals surface area contributed by atoms with E-state index in [0.717, 1.165) is 10.7 Å². The Morgan fingerprint density at radius 3 is 3.00 bits per heavy atom. The molecule has 0 spiro atoms. The molecule has 0 aromatic carbocycles. The summed E-state index contributed by atoms with van der Waals surface area (Å²) in [5.41, 5.74) is -0.129. The lowest BCUT2D eigenvalue weighted by Crippen LogP contribution is -2.07. The Bertz CT molecular complexity index is 535. The average Bonchev–Trinajstić information content (AvgIpc) is 2.86. The molecule has 0 aliphatic heterocycles. The summed E-state index contributed by atoms with van der Waals surface area (Å²) in [5, 5.41) is 24.7. The van der Waals surface area contributed by atoms with Crippen LogP contribution in [0.5, 0.6) is 0 Å². The van der Waals surface area contributed by atoms with Gasteiger partial charge in [0.1, 0.15) is 12.3 Å². The van der Waals surface area contributed by atoms with Crippen molar-refractivity contribution in [1.82, 2.24) is 14.9 Å². The van der Waals surface area contributed by atoms with Gasteiger partial charge in [-0.25, -0.2) is 9.48 Å². The molecule has 0 fully saturated rings. The van der Waals surface area contributed by atoms with Crippen molar-refractivity contribution in [3.63, 3.8) is 0 Å². The number of hydrogen-bond donors (Lipinski definition) is 1. The van der Waals surface area contributed by atoms with E-state index in [4.69, 9.17) is 10.4 Å². The van der Waals surface area contributed by atoms with Crippen molar-refractivity contribution < 1.29 is 14.4 Å². The number of rotatable bonds is 2. The molecule has 2 rings (SSSR count). The number of aromatic nitrogens is 3. The SMILES string of the molecule is N#Cc1cc(C(=O)O)n(-c2ccon2)n1. The minimum absolute atomic E-state index is 0.00963. The molecule has 2 heterocycles. The third kappa shape index (κ3) is 1.44. The number of carboxylic acids is 1. The van der Waals surface area contributed by atoms with Crippen LogP contribution in [0.25, 0.3) is 5.82 Å². The minimum Gasteiger partial charge on any atom is -0.477 e. The van der Waals surface area contributed by atoms with Crippen molar-refractivity contribution in [2.24, 2.45) is 0 Å². The molecule has 0 saturated carbocycles. The molecule has 0 saturated heterocycles. The zero-order valence-electron chi connectivity index (χ0n) is 7.28. The number of nitrogens with zero attached hydrogens (tertiary/aromatic N) is 4. The molecule has 0 bridgehead atoms. The molecule has 1 N–H and O–H groups in total. The summed E-state index contributed by atoms with van der Waals surface area (Å²) in [6.07, 6.45) is 1.29. The number of carboxylic acid groups (broad SMARTS) is 1. The molecule has 0 aliphatic rings. The topological polar surface area (TPSA) is 105 Å². The number of nitriles is 1.